The number of amides is 1. The van der Waals surface area contributed by atoms with Crippen molar-refractivity contribution in [1.82, 2.24) is 15.3 Å². The predicted molar refractivity (Wildman–Crippen MR) is 83.9 cm³/mol. The third kappa shape index (κ3) is 2.79. The third-order valence-electron chi connectivity index (χ3n) is 3.49. The van der Waals surface area contributed by atoms with Crippen LogP contribution in [0.3, 0.4) is 0 Å². The maximum atomic E-state index is 11.1. The average Bonchev–Trinajstić information content (AvgIpc) is 2.87. The topological polar surface area (TPSA) is 57.8 Å². The minimum Gasteiger partial charge on any atom is -0.356 e. The standard InChI is InChI=1S/C17H17N3O/c1-12(21)18-11-9-14-15-8-5-10-19-17(15)20-16(14)13-6-3-2-4-7-13/h2-8,10H,9,11H2,1H3,(H,18,21)(H,19,20). The summed E-state index contributed by atoms with van der Waals surface area (Å²) in [5.41, 5.74) is 4.29. The van der Waals surface area contributed by atoms with E-state index in [-0.39, 0.29) is 5.91 Å². The molecule has 3 rings (SSSR count). The molecule has 0 atom stereocenters. The summed E-state index contributed by atoms with van der Waals surface area (Å²) in [6.45, 7) is 2.16. The lowest BCUT2D eigenvalue weighted by Crippen LogP contribution is -2.22. The van der Waals surface area contributed by atoms with Crippen molar-refractivity contribution in [3.05, 3.63) is 54.2 Å². The number of H-pyrrole nitrogens is 1. The first kappa shape index (κ1) is 13.4. The number of fused-ring (bicyclic) bond motifs is 1. The number of aromatic amines is 1. The van der Waals surface area contributed by atoms with Gasteiger partial charge >= 0.3 is 0 Å². The summed E-state index contributed by atoms with van der Waals surface area (Å²) >= 11 is 0. The summed E-state index contributed by atoms with van der Waals surface area (Å²) in [5.74, 6) is -0.00535. The molecule has 0 radical (unpaired) electrons. The van der Waals surface area contributed by atoms with Crippen LogP contribution in [0.1, 0.15) is 12.5 Å². The molecular weight excluding hydrogens is 262 g/mol. The highest BCUT2D eigenvalue weighted by Crippen LogP contribution is 2.29. The van der Waals surface area contributed by atoms with Gasteiger partial charge in [-0.15, -0.1) is 0 Å². The quantitative estimate of drug-likeness (QED) is 0.771. The third-order valence-corrected chi connectivity index (χ3v) is 3.49. The lowest BCUT2D eigenvalue weighted by atomic mass is 10.0. The van der Waals surface area contributed by atoms with Crippen molar-refractivity contribution in [3.63, 3.8) is 0 Å². The predicted octanol–water partition coefficient (Wildman–Crippen LogP) is 2.91. The zero-order chi connectivity index (χ0) is 14.7. The highest BCUT2D eigenvalue weighted by atomic mass is 16.1. The molecule has 0 aliphatic heterocycles. The summed E-state index contributed by atoms with van der Waals surface area (Å²) in [6, 6.07) is 14.2. The number of hydrogen-bond acceptors (Lipinski definition) is 2. The molecule has 1 aromatic carbocycles. The Morgan fingerprint density at radius 1 is 1.19 bits per heavy atom. The van der Waals surface area contributed by atoms with Crippen LogP contribution in [0.5, 0.6) is 0 Å². The van der Waals surface area contributed by atoms with E-state index in [0.717, 1.165) is 28.7 Å². The number of rotatable bonds is 4. The van der Waals surface area contributed by atoms with Gasteiger partial charge in [0.2, 0.25) is 5.91 Å². The molecule has 0 aliphatic rings. The SMILES string of the molecule is CC(=O)NCCc1c(-c2ccccc2)[nH]c2ncccc12. The van der Waals surface area contributed by atoms with E-state index in [4.69, 9.17) is 0 Å². The van der Waals surface area contributed by atoms with Crippen LogP contribution < -0.4 is 5.32 Å². The monoisotopic (exact) mass is 279 g/mol. The van der Waals surface area contributed by atoms with E-state index in [1.165, 1.54) is 12.5 Å². The zero-order valence-electron chi connectivity index (χ0n) is 11.9. The van der Waals surface area contributed by atoms with E-state index < -0.39 is 0 Å². The highest BCUT2D eigenvalue weighted by Gasteiger charge is 2.13. The fourth-order valence-electron chi connectivity index (χ4n) is 2.55. The molecule has 2 heterocycles. The average molecular weight is 279 g/mol. The lowest BCUT2D eigenvalue weighted by Gasteiger charge is -2.06. The van der Waals surface area contributed by atoms with Crippen molar-refractivity contribution < 1.29 is 4.79 Å². The van der Waals surface area contributed by atoms with Crippen LogP contribution in [0.25, 0.3) is 22.3 Å². The largest absolute Gasteiger partial charge is 0.356 e. The normalized spacial score (nSPS) is 10.7. The molecule has 0 spiro atoms. The van der Waals surface area contributed by atoms with Gasteiger partial charge in [-0.25, -0.2) is 4.98 Å². The fraction of sp³-hybridized carbons (Fsp3) is 0.176. The number of carbonyl (C=O) groups excluding carboxylic acids is 1. The van der Waals surface area contributed by atoms with Crippen LogP contribution in [0.4, 0.5) is 0 Å². The van der Waals surface area contributed by atoms with Gasteiger partial charge in [0, 0.05) is 25.1 Å². The summed E-state index contributed by atoms with van der Waals surface area (Å²) < 4.78 is 0. The van der Waals surface area contributed by atoms with Gasteiger partial charge in [-0.2, -0.15) is 0 Å². The van der Waals surface area contributed by atoms with Crippen LogP contribution in [-0.4, -0.2) is 22.4 Å². The smallest absolute Gasteiger partial charge is 0.216 e. The van der Waals surface area contributed by atoms with Crippen LogP contribution in [0.2, 0.25) is 0 Å². The number of carbonyl (C=O) groups is 1. The molecule has 2 N–H and O–H groups in total. The Kier molecular flexibility index (Phi) is 3.69. The summed E-state index contributed by atoms with van der Waals surface area (Å²) in [4.78, 5) is 18.8. The van der Waals surface area contributed by atoms with E-state index >= 15 is 0 Å². The second kappa shape index (κ2) is 5.79. The van der Waals surface area contributed by atoms with E-state index in [1.807, 2.05) is 24.3 Å². The summed E-state index contributed by atoms with van der Waals surface area (Å²) in [7, 11) is 0. The molecule has 0 aliphatic carbocycles. The number of nitrogens with one attached hydrogen (secondary N) is 2. The first-order valence-corrected chi connectivity index (χ1v) is 7.01. The van der Waals surface area contributed by atoms with Gasteiger partial charge in [0.1, 0.15) is 5.65 Å². The van der Waals surface area contributed by atoms with E-state index in [9.17, 15) is 4.79 Å². The van der Waals surface area contributed by atoms with E-state index in [1.54, 1.807) is 6.20 Å². The number of benzene rings is 1. The lowest BCUT2D eigenvalue weighted by molar-refractivity contribution is -0.118. The number of aromatic nitrogens is 2. The van der Waals surface area contributed by atoms with Gasteiger partial charge < -0.3 is 10.3 Å². The zero-order valence-corrected chi connectivity index (χ0v) is 11.9. The van der Waals surface area contributed by atoms with Crippen molar-refractivity contribution in [1.29, 1.82) is 0 Å². The van der Waals surface area contributed by atoms with Gasteiger partial charge in [-0.05, 0) is 29.7 Å². The Bertz CT molecular complexity index is 762. The van der Waals surface area contributed by atoms with Gasteiger partial charge in [0.15, 0.2) is 0 Å². The van der Waals surface area contributed by atoms with Crippen molar-refractivity contribution in [2.45, 2.75) is 13.3 Å². The second-order valence-electron chi connectivity index (χ2n) is 4.98. The van der Waals surface area contributed by atoms with E-state index in [2.05, 4.69) is 33.5 Å². The molecule has 106 valence electrons. The minimum absolute atomic E-state index is 0.00535. The van der Waals surface area contributed by atoms with Gasteiger partial charge in [-0.1, -0.05) is 30.3 Å². The Balaban J connectivity index is 2.04. The second-order valence-corrected chi connectivity index (χ2v) is 4.98. The molecule has 0 bridgehead atoms. The first-order chi connectivity index (χ1) is 10.3. The molecule has 4 heteroatoms. The molecule has 3 aromatic rings. The van der Waals surface area contributed by atoms with Crippen LogP contribution in [-0.2, 0) is 11.2 Å². The Morgan fingerprint density at radius 2 is 2.00 bits per heavy atom. The number of pyridine rings is 1. The molecule has 0 unspecified atom stereocenters. The Morgan fingerprint density at radius 3 is 2.76 bits per heavy atom. The van der Waals surface area contributed by atoms with Crippen LogP contribution >= 0.6 is 0 Å². The number of hydrogen-bond donors (Lipinski definition) is 2. The molecule has 1 amide bonds. The van der Waals surface area contributed by atoms with Crippen molar-refractivity contribution >= 4 is 16.9 Å². The minimum atomic E-state index is -0.00535. The molecule has 21 heavy (non-hydrogen) atoms. The molecular formula is C17H17N3O. The maximum Gasteiger partial charge on any atom is 0.216 e. The Labute approximate surface area is 123 Å². The molecule has 4 nitrogen and oxygen atoms in total. The number of nitrogens with zero attached hydrogens (tertiary/aromatic N) is 1. The Hall–Kier alpha value is -2.62. The maximum absolute atomic E-state index is 11.1. The summed E-state index contributed by atoms with van der Waals surface area (Å²) in [6.07, 6.45) is 2.56. The molecule has 0 saturated heterocycles. The molecule has 0 saturated carbocycles. The van der Waals surface area contributed by atoms with Gasteiger partial charge in [0.05, 0.1) is 5.69 Å². The van der Waals surface area contributed by atoms with Gasteiger partial charge in [-0.3, -0.25) is 4.79 Å². The van der Waals surface area contributed by atoms with Gasteiger partial charge in [0.25, 0.3) is 0 Å². The van der Waals surface area contributed by atoms with Crippen molar-refractivity contribution in [2.75, 3.05) is 6.54 Å². The highest BCUT2D eigenvalue weighted by molar-refractivity contribution is 5.88. The summed E-state index contributed by atoms with van der Waals surface area (Å²) in [5, 5.41) is 3.97. The fourth-order valence-corrected chi connectivity index (χ4v) is 2.55. The van der Waals surface area contributed by atoms with E-state index in [0.29, 0.717) is 6.54 Å². The van der Waals surface area contributed by atoms with Crippen molar-refractivity contribution in [2.24, 2.45) is 0 Å². The van der Waals surface area contributed by atoms with Crippen LogP contribution in [0, 0.1) is 0 Å². The molecule has 0 fully saturated rings. The molecule has 2 aromatic heterocycles. The first-order valence-electron chi connectivity index (χ1n) is 7.01. The van der Waals surface area contributed by atoms with Crippen molar-refractivity contribution in [3.8, 4) is 11.3 Å². The van der Waals surface area contributed by atoms with Crippen LogP contribution in [0.15, 0.2) is 48.7 Å².